The molecule has 0 aliphatic carbocycles. The number of benzene rings is 1. The van der Waals surface area contributed by atoms with E-state index in [-0.39, 0.29) is 11.4 Å². The molecule has 1 aromatic carbocycles. The maximum atomic E-state index is 11.3. The van der Waals surface area contributed by atoms with E-state index in [4.69, 9.17) is 22.6 Å². The molecule has 1 heterocycles. The van der Waals surface area contributed by atoms with Gasteiger partial charge in [0.1, 0.15) is 5.84 Å². The number of anilines is 1. The predicted molar refractivity (Wildman–Crippen MR) is 101 cm³/mol. The third-order valence-electron chi connectivity index (χ3n) is 4.07. The molecule has 1 fully saturated rings. The Labute approximate surface area is 147 Å². The number of amides is 1. The van der Waals surface area contributed by atoms with Gasteiger partial charge in [0, 0.05) is 51.2 Å². The van der Waals surface area contributed by atoms with Crippen LogP contribution in [-0.2, 0) is 4.79 Å². The Morgan fingerprint density at radius 1 is 1.16 bits per heavy atom. The van der Waals surface area contributed by atoms with Crippen molar-refractivity contribution in [2.24, 2.45) is 22.2 Å². The predicted octanol–water partition coefficient (Wildman–Crippen LogP) is -0.183. The Morgan fingerprint density at radius 2 is 1.80 bits per heavy atom. The van der Waals surface area contributed by atoms with E-state index in [1.807, 2.05) is 24.3 Å². The van der Waals surface area contributed by atoms with Crippen molar-refractivity contribution in [2.75, 3.05) is 44.2 Å². The van der Waals surface area contributed by atoms with Crippen LogP contribution >= 0.6 is 0 Å². The molecule has 8 nitrogen and oxygen atoms in total. The lowest BCUT2D eigenvalue weighted by atomic mass is 10.2. The molecular weight excluding hydrogens is 318 g/mol. The van der Waals surface area contributed by atoms with Crippen molar-refractivity contribution in [2.45, 2.75) is 0 Å². The molecule has 1 amide bonds. The van der Waals surface area contributed by atoms with Crippen molar-refractivity contribution in [1.29, 1.82) is 5.41 Å². The molecule has 0 atom stereocenters. The first-order chi connectivity index (χ1) is 12.0. The molecule has 0 bridgehead atoms. The number of allylic oxidation sites excluding steroid dienone is 1. The Kier molecular flexibility index (Phi) is 6.67. The quantitative estimate of drug-likeness (QED) is 0.309. The average Bonchev–Trinajstić information content (AvgIpc) is 2.61. The molecule has 8 heteroatoms. The highest BCUT2D eigenvalue weighted by Gasteiger charge is 2.16. The smallest absolute Gasteiger partial charge is 0.252 e. The number of hydrogen-bond acceptors (Lipinski definition) is 6. The summed E-state index contributed by atoms with van der Waals surface area (Å²) in [6.07, 6.45) is 2.19. The van der Waals surface area contributed by atoms with Crippen molar-refractivity contribution < 1.29 is 4.79 Å². The molecule has 1 aliphatic rings. The summed E-state index contributed by atoms with van der Waals surface area (Å²) in [5, 5.41) is 7.05. The number of carbonyl (C=O) groups excluding carboxylic acids is 1. The fourth-order valence-corrected chi connectivity index (χ4v) is 2.73. The minimum atomic E-state index is -0.711. The van der Waals surface area contributed by atoms with Crippen molar-refractivity contribution in [3.05, 3.63) is 35.9 Å². The van der Waals surface area contributed by atoms with Crippen LogP contribution < -0.4 is 22.1 Å². The number of nitrogens with one attached hydrogen (secondary N) is 1. The van der Waals surface area contributed by atoms with Gasteiger partial charge in [-0.15, -0.1) is 0 Å². The SMILES string of the molecule is N=C/C=C(\C(N)=O)C(N)=Nc1ccc(N2CCN(CCN)CC2)cc1. The number of piperazine rings is 1. The number of primary amides is 1. The number of carbonyl (C=O) groups is 1. The van der Waals surface area contributed by atoms with Gasteiger partial charge in [-0.1, -0.05) is 0 Å². The molecule has 1 saturated heterocycles. The van der Waals surface area contributed by atoms with Gasteiger partial charge in [-0.3, -0.25) is 9.69 Å². The van der Waals surface area contributed by atoms with E-state index >= 15 is 0 Å². The molecule has 2 rings (SSSR count). The average molecular weight is 343 g/mol. The molecule has 0 radical (unpaired) electrons. The maximum absolute atomic E-state index is 11.3. The molecule has 0 aromatic heterocycles. The van der Waals surface area contributed by atoms with Crippen molar-refractivity contribution in [3.63, 3.8) is 0 Å². The second-order valence-corrected chi connectivity index (χ2v) is 5.74. The van der Waals surface area contributed by atoms with E-state index in [1.54, 1.807) is 0 Å². The summed E-state index contributed by atoms with van der Waals surface area (Å²) in [5.74, 6) is -0.712. The van der Waals surface area contributed by atoms with Gasteiger partial charge in [0.2, 0.25) is 0 Å². The number of nitrogens with zero attached hydrogens (tertiary/aromatic N) is 3. The van der Waals surface area contributed by atoms with E-state index in [0.717, 1.165) is 44.6 Å². The lowest BCUT2D eigenvalue weighted by molar-refractivity contribution is -0.114. The summed E-state index contributed by atoms with van der Waals surface area (Å²) in [4.78, 5) is 20.2. The van der Waals surface area contributed by atoms with Gasteiger partial charge in [0.15, 0.2) is 0 Å². The number of nitrogens with two attached hydrogens (primary N) is 3. The standard InChI is InChI=1S/C17H25N7O/c18-6-5-15(17(21)25)16(20)22-13-1-3-14(4-2-13)24-11-9-23(8-7-19)10-12-24/h1-6,18H,7-12,19H2,(H2,20,22)(H2,21,25)/b15-5-,18-6?. The highest BCUT2D eigenvalue weighted by atomic mass is 16.1. The Balaban J connectivity index is 2.05. The summed E-state index contributed by atoms with van der Waals surface area (Å²) >= 11 is 0. The largest absolute Gasteiger partial charge is 0.383 e. The summed E-state index contributed by atoms with van der Waals surface area (Å²) in [7, 11) is 0. The molecule has 0 unspecified atom stereocenters. The Bertz CT molecular complexity index is 658. The normalized spacial score (nSPS) is 16.8. The topological polar surface area (TPSA) is 138 Å². The molecule has 7 N–H and O–H groups in total. The van der Waals surface area contributed by atoms with Gasteiger partial charge in [-0.05, 0) is 30.3 Å². The van der Waals surface area contributed by atoms with Crippen LogP contribution in [0.4, 0.5) is 11.4 Å². The summed E-state index contributed by atoms with van der Waals surface area (Å²) < 4.78 is 0. The zero-order valence-corrected chi connectivity index (χ0v) is 14.2. The second-order valence-electron chi connectivity index (χ2n) is 5.74. The third kappa shape index (κ3) is 5.13. The van der Waals surface area contributed by atoms with Crippen LogP contribution in [0.15, 0.2) is 40.9 Å². The molecular formula is C17H25N7O. The minimum Gasteiger partial charge on any atom is -0.383 e. The van der Waals surface area contributed by atoms with Crippen LogP contribution in [0.2, 0.25) is 0 Å². The van der Waals surface area contributed by atoms with Crippen LogP contribution in [-0.4, -0.2) is 62.1 Å². The van der Waals surface area contributed by atoms with Gasteiger partial charge >= 0.3 is 0 Å². The van der Waals surface area contributed by atoms with Gasteiger partial charge in [-0.2, -0.15) is 0 Å². The van der Waals surface area contributed by atoms with Gasteiger partial charge in [0.25, 0.3) is 5.91 Å². The van der Waals surface area contributed by atoms with Gasteiger partial charge in [-0.25, -0.2) is 4.99 Å². The number of aliphatic imine (C=N–C) groups is 1. The number of amidine groups is 1. The van der Waals surface area contributed by atoms with Crippen molar-refractivity contribution in [3.8, 4) is 0 Å². The lowest BCUT2D eigenvalue weighted by Crippen LogP contribution is -2.47. The van der Waals surface area contributed by atoms with E-state index in [9.17, 15) is 4.79 Å². The second kappa shape index (κ2) is 8.95. The van der Waals surface area contributed by atoms with Gasteiger partial charge in [0.05, 0.1) is 11.3 Å². The third-order valence-corrected chi connectivity index (χ3v) is 4.07. The van der Waals surface area contributed by atoms with Crippen molar-refractivity contribution >= 4 is 29.3 Å². The van der Waals surface area contributed by atoms with E-state index in [0.29, 0.717) is 12.2 Å². The highest BCUT2D eigenvalue weighted by Crippen LogP contribution is 2.21. The van der Waals surface area contributed by atoms with E-state index in [1.165, 1.54) is 6.08 Å². The lowest BCUT2D eigenvalue weighted by Gasteiger charge is -2.35. The van der Waals surface area contributed by atoms with Gasteiger partial charge < -0.3 is 27.5 Å². The Hall–Kier alpha value is -2.71. The van der Waals surface area contributed by atoms with Crippen LogP contribution in [0.1, 0.15) is 0 Å². The van der Waals surface area contributed by atoms with Crippen LogP contribution in [0.5, 0.6) is 0 Å². The first kappa shape index (κ1) is 18.6. The first-order valence-electron chi connectivity index (χ1n) is 8.17. The molecule has 1 aromatic rings. The number of hydrogen-bond donors (Lipinski definition) is 4. The molecule has 25 heavy (non-hydrogen) atoms. The van der Waals surface area contributed by atoms with Crippen LogP contribution in [0, 0.1) is 5.41 Å². The first-order valence-corrected chi connectivity index (χ1v) is 8.17. The summed E-state index contributed by atoms with van der Waals surface area (Å²) in [6.45, 7) is 5.54. The molecule has 1 aliphatic heterocycles. The van der Waals surface area contributed by atoms with Crippen LogP contribution in [0.25, 0.3) is 0 Å². The van der Waals surface area contributed by atoms with E-state index < -0.39 is 5.91 Å². The van der Waals surface area contributed by atoms with E-state index in [2.05, 4.69) is 14.8 Å². The molecule has 0 spiro atoms. The zero-order chi connectivity index (χ0) is 18.2. The Morgan fingerprint density at radius 3 is 2.32 bits per heavy atom. The highest BCUT2D eigenvalue weighted by molar-refractivity contribution is 6.21. The summed E-state index contributed by atoms with van der Waals surface area (Å²) in [5.41, 5.74) is 18.4. The van der Waals surface area contributed by atoms with Crippen molar-refractivity contribution in [1.82, 2.24) is 4.90 Å². The zero-order valence-electron chi connectivity index (χ0n) is 14.2. The fourth-order valence-electron chi connectivity index (χ4n) is 2.73. The fraction of sp³-hybridized carbons (Fsp3) is 0.353. The monoisotopic (exact) mass is 343 g/mol. The number of rotatable bonds is 7. The summed E-state index contributed by atoms with van der Waals surface area (Å²) in [6, 6.07) is 7.65. The van der Waals surface area contributed by atoms with Crippen LogP contribution in [0.3, 0.4) is 0 Å². The minimum absolute atomic E-state index is 0.000788. The molecule has 0 saturated carbocycles. The maximum Gasteiger partial charge on any atom is 0.252 e. The molecule has 134 valence electrons.